The van der Waals surface area contributed by atoms with Gasteiger partial charge in [0.25, 0.3) is 6.71 Å². The minimum Gasteiger partial charge on any atom is -0.309 e. The second-order valence-electron chi connectivity index (χ2n) is 21.5. The number of fused-ring (bicyclic) bond motifs is 10. The molecule has 0 fully saturated rings. The van der Waals surface area contributed by atoms with Crippen molar-refractivity contribution >= 4 is 142 Å². The lowest BCUT2D eigenvalue weighted by atomic mass is 9.39. The van der Waals surface area contributed by atoms with Gasteiger partial charge in [-0.2, -0.15) is 0 Å². The van der Waals surface area contributed by atoms with Crippen molar-refractivity contribution in [2.75, 3.05) is 9.80 Å². The predicted molar refractivity (Wildman–Crippen MR) is 309 cm³/mol. The molecule has 0 unspecified atom stereocenters. The SMILES string of the molecule is Cc1ccc(-c2cc3ccccc3s2)c(C)c1N1c2cccc3c2B(c2sc4ccc(C(C)(C)C)cc4c21)c1sc2ccc(C(C)(C)C)cc2c1N3c1c(C)ccc(-c2cc3ccccc3s2)c1C. The van der Waals surface area contributed by atoms with Crippen LogP contribution in [0.15, 0.2) is 140 Å². The molecular weight excluding hydrogens is 912 g/mol. The highest BCUT2D eigenvalue weighted by atomic mass is 32.1. The molecule has 0 aliphatic carbocycles. The van der Waals surface area contributed by atoms with Gasteiger partial charge in [0.1, 0.15) is 0 Å². The van der Waals surface area contributed by atoms with Crippen LogP contribution in [-0.2, 0) is 10.8 Å². The molecule has 0 N–H and O–H groups in total. The van der Waals surface area contributed by atoms with Gasteiger partial charge in [-0.05, 0) is 160 Å². The van der Waals surface area contributed by atoms with Gasteiger partial charge in [-0.25, -0.2) is 0 Å². The summed E-state index contributed by atoms with van der Waals surface area (Å²) in [5.74, 6) is 0. The van der Waals surface area contributed by atoms with Crippen LogP contribution in [0.3, 0.4) is 0 Å². The fraction of sp³-hybridized carbons (Fsp3) is 0.194. The molecule has 7 heteroatoms. The van der Waals surface area contributed by atoms with Crippen LogP contribution in [0.1, 0.15) is 74.9 Å². The normalized spacial score (nSPS) is 13.6. The van der Waals surface area contributed by atoms with Crippen LogP contribution in [0.2, 0.25) is 0 Å². The lowest BCUT2D eigenvalue weighted by Gasteiger charge is -2.43. The average molecular weight is 965 g/mol. The van der Waals surface area contributed by atoms with Crippen LogP contribution in [-0.4, -0.2) is 6.71 Å². The van der Waals surface area contributed by atoms with E-state index in [2.05, 4.69) is 219 Å². The van der Waals surface area contributed by atoms with Crippen molar-refractivity contribution in [1.82, 2.24) is 0 Å². The second kappa shape index (κ2) is 15.3. The van der Waals surface area contributed by atoms with Crippen molar-refractivity contribution in [2.45, 2.75) is 80.1 Å². The molecule has 2 aliphatic rings. The summed E-state index contributed by atoms with van der Waals surface area (Å²) < 4.78 is 8.18. The molecule has 13 rings (SSSR count). The summed E-state index contributed by atoms with van der Waals surface area (Å²) in [6.45, 7) is 23.5. The van der Waals surface area contributed by atoms with Crippen molar-refractivity contribution in [3.8, 4) is 20.9 Å². The number of rotatable bonds is 4. The molecule has 2 aliphatic heterocycles. The van der Waals surface area contributed by atoms with Gasteiger partial charge in [-0.15, -0.1) is 45.3 Å². The van der Waals surface area contributed by atoms with Gasteiger partial charge < -0.3 is 9.80 Å². The van der Waals surface area contributed by atoms with E-state index in [0.29, 0.717) is 0 Å². The predicted octanol–water partition coefficient (Wildman–Crippen LogP) is 17.8. The lowest BCUT2D eigenvalue weighted by molar-refractivity contribution is 0.591. The Labute approximate surface area is 422 Å². The fourth-order valence-electron chi connectivity index (χ4n) is 11.4. The molecule has 7 aromatic carbocycles. The first-order chi connectivity index (χ1) is 33.1. The Kier molecular flexibility index (Phi) is 9.54. The molecule has 69 heavy (non-hydrogen) atoms. The number of thiophene rings is 4. The van der Waals surface area contributed by atoms with E-state index < -0.39 is 0 Å². The molecule has 0 amide bonds. The fourth-order valence-corrected chi connectivity index (χ4v) is 16.4. The van der Waals surface area contributed by atoms with Gasteiger partial charge >= 0.3 is 0 Å². The van der Waals surface area contributed by atoms with Gasteiger partial charge in [-0.3, -0.25) is 0 Å². The molecule has 0 bridgehead atoms. The summed E-state index contributed by atoms with van der Waals surface area (Å²) in [7, 11) is 0. The van der Waals surface area contributed by atoms with E-state index in [0.717, 1.165) is 0 Å². The zero-order valence-electron chi connectivity index (χ0n) is 40.9. The summed E-state index contributed by atoms with van der Waals surface area (Å²) in [6, 6.07) is 53.7. The van der Waals surface area contributed by atoms with E-state index in [4.69, 9.17) is 0 Å². The maximum Gasteiger partial charge on any atom is 0.277 e. The molecule has 338 valence electrons. The number of benzene rings is 7. The Balaban J connectivity index is 1.14. The highest BCUT2D eigenvalue weighted by molar-refractivity contribution is 7.40. The highest BCUT2D eigenvalue weighted by Gasteiger charge is 2.48. The van der Waals surface area contributed by atoms with E-state index in [1.54, 1.807) is 0 Å². The molecule has 0 saturated carbocycles. The molecule has 11 aromatic rings. The topological polar surface area (TPSA) is 6.48 Å². The molecule has 6 heterocycles. The number of hydrogen-bond donors (Lipinski definition) is 0. The van der Waals surface area contributed by atoms with E-state index in [1.165, 1.54) is 144 Å². The van der Waals surface area contributed by atoms with Crippen LogP contribution in [0, 0.1) is 27.7 Å². The minimum absolute atomic E-state index is 0.00461. The maximum atomic E-state index is 2.71. The van der Waals surface area contributed by atoms with Gasteiger partial charge in [0.05, 0.1) is 22.7 Å². The van der Waals surface area contributed by atoms with E-state index in [-0.39, 0.29) is 17.5 Å². The number of nitrogens with zero attached hydrogens (tertiary/aromatic N) is 2. The Hall–Kier alpha value is -5.96. The zero-order valence-corrected chi connectivity index (χ0v) is 44.1. The van der Waals surface area contributed by atoms with Crippen LogP contribution in [0.25, 0.3) is 61.2 Å². The molecule has 4 aromatic heterocycles. The zero-order chi connectivity index (χ0) is 47.4. The maximum absolute atomic E-state index is 2.71. The molecule has 0 atom stereocenters. The number of anilines is 6. The van der Waals surface area contributed by atoms with E-state index in [1.807, 2.05) is 45.3 Å². The first-order valence-corrected chi connectivity index (χ1v) is 27.5. The standard InChI is InChI=1S/C62H53BN2S4/c1-34-22-26-42(52-30-38-16-11-13-20-48(38)66-52)36(3)55(34)64-46-18-15-19-47-54(46)63(59-57(64)44-32-40(61(5,6)7)24-28-50(44)68-59)60-58(45-33-41(62(8,9)10)25-29-51(45)69-60)65(47)56-35(2)23-27-43(37(56)4)53-31-39-17-12-14-21-49(39)67-53/h11-33H,1-10H3. The van der Waals surface area contributed by atoms with Crippen molar-refractivity contribution in [3.05, 3.63) is 173 Å². The van der Waals surface area contributed by atoms with Crippen LogP contribution in [0.4, 0.5) is 34.1 Å². The average Bonchev–Trinajstić information content (AvgIpc) is 4.12. The van der Waals surface area contributed by atoms with Gasteiger partial charge in [-0.1, -0.05) is 120 Å². The van der Waals surface area contributed by atoms with Crippen molar-refractivity contribution in [1.29, 1.82) is 0 Å². The highest BCUT2D eigenvalue weighted by Crippen LogP contribution is 2.54. The largest absolute Gasteiger partial charge is 0.309 e. The van der Waals surface area contributed by atoms with Crippen LogP contribution < -0.4 is 24.8 Å². The molecule has 0 radical (unpaired) electrons. The Morgan fingerprint density at radius 2 is 0.841 bits per heavy atom. The van der Waals surface area contributed by atoms with E-state index >= 15 is 0 Å². The van der Waals surface area contributed by atoms with Crippen LogP contribution >= 0.6 is 45.3 Å². The van der Waals surface area contributed by atoms with Crippen molar-refractivity contribution < 1.29 is 0 Å². The number of hydrogen-bond acceptors (Lipinski definition) is 6. The molecule has 0 spiro atoms. The quantitative estimate of drug-likeness (QED) is 0.162. The second-order valence-corrected chi connectivity index (χ2v) is 25.8. The third kappa shape index (κ3) is 6.46. The summed E-state index contributed by atoms with van der Waals surface area (Å²) >= 11 is 7.81. The first-order valence-electron chi connectivity index (χ1n) is 24.2. The Bertz CT molecular complexity index is 3640. The summed E-state index contributed by atoms with van der Waals surface area (Å²) in [6.07, 6.45) is 0. The monoisotopic (exact) mass is 964 g/mol. The minimum atomic E-state index is -0.00461. The molecule has 2 nitrogen and oxygen atoms in total. The van der Waals surface area contributed by atoms with Crippen molar-refractivity contribution in [2.24, 2.45) is 0 Å². The van der Waals surface area contributed by atoms with Gasteiger partial charge in [0, 0.05) is 60.3 Å². The third-order valence-electron chi connectivity index (χ3n) is 15.0. The van der Waals surface area contributed by atoms with Crippen LogP contribution in [0.5, 0.6) is 0 Å². The molecular formula is C62H53BN2S4. The van der Waals surface area contributed by atoms with E-state index in [9.17, 15) is 0 Å². The Morgan fingerprint density at radius 3 is 1.26 bits per heavy atom. The van der Waals surface area contributed by atoms with Gasteiger partial charge in [0.2, 0.25) is 0 Å². The number of aryl methyl sites for hydroxylation is 2. The summed E-state index contributed by atoms with van der Waals surface area (Å²) in [5, 5.41) is 5.28. The summed E-state index contributed by atoms with van der Waals surface area (Å²) in [5.41, 5.74) is 19.6. The Morgan fingerprint density at radius 1 is 0.406 bits per heavy atom. The third-order valence-corrected chi connectivity index (χ3v) is 19.8. The van der Waals surface area contributed by atoms with Gasteiger partial charge in [0.15, 0.2) is 0 Å². The first kappa shape index (κ1) is 43.1. The smallest absolute Gasteiger partial charge is 0.277 e. The summed E-state index contributed by atoms with van der Waals surface area (Å²) in [4.78, 5) is 8.04. The van der Waals surface area contributed by atoms with Crippen molar-refractivity contribution in [3.63, 3.8) is 0 Å². The molecule has 0 saturated heterocycles. The lowest BCUT2D eigenvalue weighted by Crippen LogP contribution is -2.59.